The average Bonchev–Trinajstić information content (AvgIpc) is 2.87. The second-order valence-corrected chi connectivity index (χ2v) is 7.53. The van der Waals surface area contributed by atoms with Crippen molar-refractivity contribution in [3.05, 3.63) is 64.2 Å². The number of rotatable bonds is 5. The van der Waals surface area contributed by atoms with Crippen LogP contribution in [0.2, 0.25) is 5.02 Å². The quantitative estimate of drug-likeness (QED) is 0.781. The molecule has 1 aliphatic heterocycles. The van der Waals surface area contributed by atoms with Crippen molar-refractivity contribution >= 4 is 35.0 Å². The molecule has 6 heteroatoms. The Labute approximate surface area is 163 Å². The van der Waals surface area contributed by atoms with Crippen LogP contribution < -0.4 is 5.32 Å². The Balaban J connectivity index is 1.90. The van der Waals surface area contributed by atoms with Crippen molar-refractivity contribution in [2.24, 2.45) is 5.92 Å². The Morgan fingerprint density at radius 1 is 1.07 bits per heavy atom. The number of aryl methyl sites for hydroxylation is 1. The first-order chi connectivity index (χ1) is 12.8. The van der Waals surface area contributed by atoms with E-state index in [1.54, 1.807) is 42.5 Å². The topological polar surface area (TPSA) is 66.5 Å². The SMILES string of the molecule is Cc1ccc(NC(=O)C(CC(C)C)N2C(=O)c3ccccc3C2=O)cc1Cl. The summed E-state index contributed by atoms with van der Waals surface area (Å²) in [6.45, 7) is 5.76. The van der Waals surface area contributed by atoms with Gasteiger partial charge in [0.05, 0.1) is 11.1 Å². The molecule has 0 aliphatic carbocycles. The van der Waals surface area contributed by atoms with Gasteiger partial charge < -0.3 is 5.32 Å². The first-order valence-corrected chi connectivity index (χ1v) is 9.21. The first kappa shape index (κ1) is 19.1. The predicted octanol–water partition coefficient (Wildman–Crippen LogP) is 4.30. The monoisotopic (exact) mass is 384 g/mol. The van der Waals surface area contributed by atoms with Crippen LogP contribution in [0.5, 0.6) is 0 Å². The summed E-state index contributed by atoms with van der Waals surface area (Å²) in [4.78, 5) is 39.6. The molecule has 140 valence electrons. The van der Waals surface area contributed by atoms with Crippen LogP contribution in [0.1, 0.15) is 46.5 Å². The lowest BCUT2D eigenvalue weighted by molar-refractivity contribution is -0.120. The molecule has 2 aromatic carbocycles. The number of hydrogen-bond acceptors (Lipinski definition) is 3. The molecule has 1 unspecified atom stereocenters. The zero-order valence-corrected chi connectivity index (χ0v) is 16.2. The number of halogens is 1. The highest BCUT2D eigenvalue weighted by atomic mass is 35.5. The number of benzene rings is 2. The lowest BCUT2D eigenvalue weighted by atomic mass is 10.0. The molecule has 1 aliphatic rings. The molecule has 1 atom stereocenters. The fourth-order valence-electron chi connectivity index (χ4n) is 3.16. The number of nitrogens with one attached hydrogen (secondary N) is 1. The Bertz CT molecular complexity index is 888. The molecule has 0 spiro atoms. The van der Waals surface area contributed by atoms with Crippen molar-refractivity contribution < 1.29 is 14.4 Å². The van der Waals surface area contributed by atoms with Crippen LogP contribution >= 0.6 is 11.6 Å². The summed E-state index contributed by atoms with van der Waals surface area (Å²) in [5.41, 5.74) is 2.10. The van der Waals surface area contributed by atoms with Crippen molar-refractivity contribution in [2.75, 3.05) is 5.32 Å². The summed E-state index contributed by atoms with van der Waals surface area (Å²) in [6.07, 6.45) is 0.372. The van der Waals surface area contributed by atoms with Gasteiger partial charge in [0.15, 0.2) is 0 Å². The van der Waals surface area contributed by atoms with Crippen LogP contribution in [0.3, 0.4) is 0 Å². The lowest BCUT2D eigenvalue weighted by Gasteiger charge is -2.26. The molecule has 3 rings (SSSR count). The summed E-state index contributed by atoms with van der Waals surface area (Å²) in [5.74, 6) is -1.15. The van der Waals surface area contributed by atoms with E-state index in [4.69, 9.17) is 11.6 Å². The van der Waals surface area contributed by atoms with Gasteiger partial charge in [0.2, 0.25) is 5.91 Å². The minimum atomic E-state index is -0.891. The largest absolute Gasteiger partial charge is 0.324 e. The lowest BCUT2D eigenvalue weighted by Crippen LogP contribution is -2.47. The van der Waals surface area contributed by atoms with Crippen molar-refractivity contribution in [3.63, 3.8) is 0 Å². The molecule has 5 nitrogen and oxygen atoms in total. The molecule has 2 aromatic rings. The second kappa shape index (κ2) is 7.53. The van der Waals surface area contributed by atoms with E-state index in [1.165, 1.54) is 0 Å². The third-order valence-corrected chi connectivity index (χ3v) is 4.98. The van der Waals surface area contributed by atoms with E-state index >= 15 is 0 Å². The number of fused-ring (bicyclic) bond motifs is 1. The zero-order valence-electron chi connectivity index (χ0n) is 15.5. The smallest absolute Gasteiger partial charge is 0.262 e. The molecule has 0 fully saturated rings. The normalized spacial score (nSPS) is 14.5. The minimum Gasteiger partial charge on any atom is -0.324 e. The van der Waals surface area contributed by atoms with Crippen LogP contribution in [-0.4, -0.2) is 28.7 Å². The van der Waals surface area contributed by atoms with Crippen molar-refractivity contribution in [1.82, 2.24) is 4.90 Å². The molecular weight excluding hydrogens is 364 g/mol. The summed E-state index contributed by atoms with van der Waals surface area (Å²) in [7, 11) is 0. The standard InChI is InChI=1S/C21H21ClN2O3/c1-12(2)10-18(19(25)23-14-9-8-13(3)17(22)11-14)24-20(26)15-6-4-5-7-16(15)21(24)27/h4-9,11-12,18H,10H2,1-3H3,(H,23,25). The van der Waals surface area contributed by atoms with Gasteiger partial charge in [-0.15, -0.1) is 0 Å². The molecule has 27 heavy (non-hydrogen) atoms. The minimum absolute atomic E-state index is 0.117. The van der Waals surface area contributed by atoms with Crippen LogP contribution in [0.25, 0.3) is 0 Å². The first-order valence-electron chi connectivity index (χ1n) is 8.83. The highest BCUT2D eigenvalue weighted by Crippen LogP contribution is 2.28. The number of carbonyl (C=O) groups is 3. The van der Waals surface area contributed by atoms with Gasteiger partial charge in [-0.25, -0.2) is 0 Å². The third-order valence-electron chi connectivity index (χ3n) is 4.57. The molecule has 0 aromatic heterocycles. The van der Waals surface area contributed by atoms with Crippen molar-refractivity contribution in [3.8, 4) is 0 Å². The number of anilines is 1. The van der Waals surface area contributed by atoms with Crippen LogP contribution in [0, 0.1) is 12.8 Å². The van der Waals surface area contributed by atoms with E-state index < -0.39 is 23.8 Å². The maximum absolute atomic E-state index is 13.0. The van der Waals surface area contributed by atoms with E-state index in [0.717, 1.165) is 10.5 Å². The molecule has 1 heterocycles. The average molecular weight is 385 g/mol. The zero-order chi connectivity index (χ0) is 19.7. The molecular formula is C21H21ClN2O3. The summed E-state index contributed by atoms with van der Waals surface area (Å²) in [6, 6.07) is 10.9. The molecule has 1 N–H and O–H groups in total. The van der Waals surface area contributed by atoms with E-state index in [0.29, 0.717) is 28.3 Å². The predicted molar refractivity (Wildman–Crippen MR) is 105 cm³/mol. The van der Waals surface area contributed by atoms with E-state index in [9.17, 15) is 14.4 Å². The number of nitrogens with zero attached hydrogens (tertiary/aromatic N) is 1. The van der Waals surface area contributed by atoms with Gasteiger partial charge in [0, 0.05) is 10.7 Å². The molecule has 0 saturated heterocycles. The fraction of sp³-hybridized carbons (Fsp3) is 0.286. The highest BCUT2D eigenvalue weighted by Gasteiger charge is 2.42. The molecule has 0 radical (unpaired) electrons. The Morgan fingerprint density at radius 3 is 2.19 bits per heavy atom. The van der Waals surface area contributed by atoms with Crippen LogP contribution in [0.15, 0.2) is 42.5 Å². The van der Waals surface area contributed by atoms with Crippen LogP contribution in [-0.2, 0) is 4.79 Å². The molecule has 0 saturated carbocycles. The number of hydrogen-bond donors (Lipinski definition) is 1. The fourth-order valence-corrected chi connectivity index (χ4v) is 3.34. The van der Waals surface area contributed by atoms with E-state index in [2.05, 4.69) is 5.32 Å². The summed E-state index contributed by atoms with van der Waals surface area (Å²) in [5, 5.41) is 3.33. The van der Waals surface area contributed by atoms with Crippen molar-refractivity contribution in [1.29, 1.82) is 0 Å². The summed E-state index contributed by atoms with van der Waals surface area (Å²) >= 11 is 6.13. The Kier molecular flexibility index (Phi) is 5.33. The third kappa shape index (κ3) is 3.74. The Morgan fingerprint density at radius 2 is 1.67 bits per heavy atom. The summed E-state index contributed by atoms with van der Waals surface area (Å²) < 4.78 is 0. The number of imide groups is 1. The number of carbonyl (C=O) groups excluding carboxylic acids is 3. The maximum Gasteiger partial charge on any atom is 0.262 e. The van der Waals surface area contributed by atoms with E-state index in [1.807, 2.05) is 20.8 Å². The van der Waals surface area contributed by atoms with Gasteiger partial charge in [-0.05, 0) is 49.1 Å². The van der Waals surface area contributed by atoms with Gasteiger partial charge in [-0.1, -0.05) is 43.6 Å². The van der Waals surface area contributed by atoms with Crippen LogP contribution in [0.4, 0.5) is 5.69 Å². The van der Waals surface area contributed by atoms with Gasteiger partial charge in [-0.2, -0.15) is 0 Å². The maximum atomic E-state index is 13.0. The van der Waals surface area contributed by atoms with Gasteiger partial charge in [0.25, 0.3) is 11.8 Å². The van der Waals surface area contributed by atoms with Gasteiger partial charge in [-0.3, -0.25) is 19.3 Å². The number of amides is 3. The van der Waals surface area contributed by atoms with Crippen molar-refractivity contribution in [2.45, 2.75) is 33.2 Å². The Hall–Kier alpha value is -2.66. The van der Waals surface area contributed by atoms with Gasteiger partial charge >= 0.3 is 0 Å². The second-order valence-electron chi connectivity index (χ2n) is 7.12. The highest BCUT2D eigenvalue weighted by molar-refractivity contribution is 6.31. The molecule has 3 amide bonds. The molecule has 0 bridgehead atoms. The van der Waals surface area contributed by atoms with E-state index in [-0.39, 0.29) is 5.92 Å². The van der Waals surface area contributed by atoms with Gasteiger partial charge in [0.1, 0.15) is 6.04 Å².